The molecule has 21 heavy (non-hydrogen) atoms. The number of carbonyl (C=O) groups excluding carboxylic acids is 1. The Morgan fingerprint density at radius 1 is 1.14 bits per heavy atom. The van der Waals surface area contributed by atoms with Gasteiger partial charge < -0.3 is 4.90 Å². The zero-order valence-electron chi connectivity index (χ0n) is 12.3. The second-order valence-electron chi connectivity index (χ2n) is 5.01. The van der Waals surface area contributed by atoms with Crippen molar-refractivity contribution in [3.8, 4) is 6.07 Å². The van der Waals surface area contributed by atoms with E-state index < -0.39 is 0 Å². The molecule has 0 atom stereocenters. The lowest BCUT2D eigenvalue weighted by molar-refractivity contribution is -0.118. The molecule has 0 aliphatic carbocycles. The molecule has 0 fully saturated rings. The van der Waals surface area contributed by atoms with Gasteiger partial charge in [-0.3, -0.25) is 4.79 Å². The summed E-state index contributed by atoms with van der Waals surface area (Å²) in [5.74, 6) is 0.0148. The molecule has 0 unspecified atom stereocenters. The van der Waals surface area contributed by atoms with Crippen molar-refractivity contribution in [3.05, 3.63) is 65.2 Å². The third-order valence-corrected chi connectivity index (χ3v) is 3.63. The maximum absolute atomic E-state index is 12.3. The predicted molar refractivity (Wildman–Crippen MR) is 84.1 cm³/mol. The largest absolute Gasteiger partial charge is 0.314 e. The van der Waals surface area contributed by atoms with Gasteiger partial charge in [0.1, 0.15) is 6.07 Å². The van der Waals surface area contributed by atoms with Gasteiger partial charge in [0.25, 0.3) is 0 Å². The molecule has 0 radical (unpaired) electrons. The van der Waals surface area contributed by atoms with Crippen molar-refractivity contribution >= 4 is 11.6 Å². The topological polar surface area (TPSA) is 44.1 Å². The van der Waals surface area contributed by atoms with E-state index >= 15 is 0 Å². The highest BCUT2D eigenvalue weighted by Gasteiger charge is 2.14. The van der Waals surface area contributed by atoms with Gasteiger partial charge in [-0.15, -0.1) is 0 Å². The lowest BCUT2D eigenvalue weighted by Gasteiger charge is -2.18. The molecule has 3 heteroatoms. The molecule has 0 saturated heterocycles. The van der Waals surface area contributed by atoms with Crippen LogP contribution in [-0.2, 0) is 11.2 Å². The first-order chi connectivity index (χ1) is 10.1. The Bertz CT molecular complexity index is 686. The average Bonchev–Trinajstić information content (AvgIpc) is 2.53. The van der Waals surface area contributed by atoms with Crippen molar-refractivity contribution in [2.75, 3.05) is 11.9 Å². The Labute approximate surface area is 125 Å². The molecule has 0 heterocycles. The number of nitrogens with zero attached hydrogens (tertiary/aromatic N) is 2. The van der Waals surface area contributed by atoms with Gasteiger partial charge in [-0.25, -0.2) is 0 Å². The summed E-state index contributed by atoms with van der Waals surface area (Å²) in [5, 5.41) is 9.11. The van der Waals surface area contributed by atoms with E-state index in [-0.39, 0.29) is 5.91 Å². The molecule has 1 amide bonds. The number of hydrogen-bond donors (Lipinski definition) is 0. The minimum absolute atomic E-state index is 0.0148. The number of benzene rings is 2. The van der Waals surface area contributed by atoms with E-state index in [1.807, 2.05) is 24.3 Å². The summed E-state index contributed by atoms with van der Waals surface area (Å²) in [7, 11) is 1.72. The van der Waals surface area contributed by atoms with Gasteiger partial charge in [0, 0.05) is 13.5 Å². The highest BCUT2D eigenvalue weighted by atomic mass is 16.2. The summed E-state index contributed by atoms with van der Waals surface area (Å²) >= 11 is 0. The second kappa shape index (κ2) is 6.71. The Morgan fingerprint density at radius 3 is 2.52 bits per heavy atom. The van der Waals surface area contributed by atoms with E-state index in [9.17, 15) is 4.79 Å². The molecule has 0 saturated carbocycles. The van der Waals surface area contributed by atoms with Crippen LogP contribution in [-0.4, -0.2) is 13.0 Å². The molecule has 106 valence electrons. The fourth-order valence-corrected chi connectivity index (χ4v) is 2.29. The number of rotatable bonds is 4. The molecule has 0 aliphatic rings. The van der Waals surface area contributed by atoms with Gasteiger partial charge >= 0.3 is 0 Å². The van der Waals surface area contributed by atoms with Crippen molar-refractivity contribution < 1.29 is 4.79 Å². The van der Waals surface area contributed by atoms with Crippen LogP contribution in [0.25, 0.3) is 0 Å². The molecule has 2 aromatic carbocycles. The van der Waals surface area contributed by atoms with Crippen molar-refractivity contribution in [3.63, 3.8) is 0 Å². The van der Waals surface area contributed by atoms with Gasteiger partial charge in [-0.05, 0) is 36.6 Å². The lowest BCUT2D eigenvalue weighted by atomic mass is 10.0. The Kier molecular flexibility index (Phi) is 4.73. The second-order valence-corrected chi connectivity index (χ2v) is 5.01. The van der Waals surface area contributed by atoms with Crippen LogP contribution < -0.4 is 4.90 Å². The molecule has 3 nitrogen and oxygen atoms in total. The van der Waals surface area contributed by atoms with Crippen LogP contribution in [0.2, 0.25) is 0 Å². The number of carbonyl (C=O) groups is 1. The molecule has 2 aromatic rings. The zero-order valence-corrected chi connectivity index (χ0v) is 12.3. The summed E-state index contributed by atoms with van der Waals surface area (Å²) in [4.78, 5) is 13.9. The van der Waals surface area contributed by atoms with E-state index in [2.05, 4.69) is 19.1 Å². The number of amides is 1. The fourth-order valence-electron chi connectivity index (χ4n) is 2.29. The van der Waals surface area contributed by atoms with Gasteiger partial charge in [-0.2, -0.15) is 5.26 Å². The summed E-state index contributed by atoms with van der Waals surface area (Å²) in [6, 6.07) is 17.4. The van der Waals surface area contributed by atoms with E-state index in [0.717, 1.165) is 0 Å². The first-order valence-corrected chi connectivity index (χ1v) is 6.93. The quantitative estimate of drug-likeness (QED) is 0.859. The maximum Gasteiger partial charge on any atom is 0.227 e. The van der Waals surface area contributed by atoms with Gasteiger partial charge in [-0.1, -0.05) is 36.4 Å². The molecule has 0 spiro atoms. The average molecular weight is 278 g/mol. The van der Waals surface area contributed by atoms with Crippen LogP contribution in [0.1, 0.15) is 23.1 Å². The predicted octanol–water partition coefficient (Wildman–Crippen LogP) is 3.46. The number of nitriles is 1. The van der Waals surface area contributed by atoms with Crippen molar-refractivity contribution in [2.24, 2.45) is 0 Å². The number of para-hydroxylation sites is 1. The van der Waals surface area contributed by atoms with Gasteiger partial charge in [0.15, 0.2) is 0 Å². The lowest BCUT2D eigenvalue weighted by Crippen LogP contribution is -2.27. The summed E-state index contributed by atoms with van der Waals surface area (Å²) in [5.41, 5.74) is 3.57. The first-order valence-electron chi connectivity index (χ1n) is 6.93. The van der Waals surface area contributed by atoms with Crippen LogP contribution in [0.5, 0.6) is 0 Å². The van der Waals surface area contributed by atoms with Crippen molar-refractivity contribution in [1.82, 2.24) is 0 Å². The molecule has 0 N–H and O–H groups in total. The third-order valence-electron chi connectivity index (χ3n) is 3.63. The van der Waals surface area contributed by atoms with Crippen LogP contribution in [0.3, 0.4) is 0 Å². The molecule has 2 rings (SSSR count). The molecular weight excluding hydrogens is 260 g/mol. The highest BCUT2D eigenvalue weighted by molar-refractivity contribution is 5.94. The minimum atomic E-state index is 0.0148. The Hall–Kier alpha value is -2.60. The van der Waals surface area contributed by atoms with Crippen LogP contribution >= 0.6 is 0 Å². The molecule has 0 aliphatic heterocycles. The smallest absolute Gasteiger partial charge is 0.227 e. The molecule has 0 aromatic heterocycles. The monoisotopic (exact) mass is 278 g/mol. The summed E-state index contributed by atoms with van der Waals surface area (Å²) < 4.78 is 0. The highest BCUT2D eigenvalue weighted by Crippen LogP contribution is 2.19. The zero-order chi connectivity index (χ0) is 15.2. The molecular formula is C18H18N2O. The minimum Gasteiger partial charge on any atom is -0.314 e. The summed E-state index contributed by atoms with van der Waals surface area (Å²) in [6.07, 6.45) is 1.14. The Morgan fingerprint density at radius 2 is 1.81 bits per heavy atom. The van der Waals surface area contributed by atoms with E-state index in [1.165, 1.54) is 11.1 Å². The normalized spacial score (nSPS) is 9.95. The number of hydrogen-bond acceptors (Lipinski definition) is 2. The Balaban J connectivity index is 2.07. The first kappa shape index (κ1) is 14.8. The number of aryl methyl sites for hydroxylation is 2. The summed E-state index contributed by atoms with van der Waals surface area (Å²) in [6.45, 7) is 2.05. The standard InChI is InChI=1S/C18H18N2O/c1-14-7-3-4-8-15(14)11-12-18(21)20(2)17-10-6-5-9-16(17)13-19/h3-10H,11-12H2,1-2H3. The van der Waals surface area contributed by atoms with E-state index in [0.29, 0.717) is 24.1 Å². The van der Waals surface area contributed by atoms with Crippen molar-refractivity contribution in [2.45, 2.75) is 19.8 Å². The fraction of sp³-hybridized carbons (Fsp3) is 0.222. The number of anilines is 1. The van der Waals surface area contributed by atoms with E-state index in [4.69, 9.17) is 5.26 Å². The third kappa shape index (κ3) is 3.49. The van der Waals surface area contributed by atoms with Gasteiger partial charge in [0.2, 0.25) is 5.91 Å². The van der Waals surface area contributed by atoms with E-state index in [1.54, 1.807) is 30.1 Å². The van der Waals surface area contributed by atoms with Crippen LogP contribution in [0, 0.1) is 18.3 Å². The van der Waals surface area contributed by atoms with Gasteiger partial charge in [0.05, 0.1) is 11.3 Å². The van der Waals surface area contributed by atoms with Crippen molar-refractivity contribution in [1.29, 1.82) is 5.26 Å². The molecule has 0 bridgehead atoms. The maximum atomic E-state index is 12.3. The van der Waals surface area contributed by atoms with Crippen LogP contribution in [0.4, 0.5) is 5.69 Å². The van der Waals surface area contributed by atoms with Crippen LogP contribution in [0.15, 0.2) is 48.5 Å². The SMILES string of the molecule is Cc1ccccc1CCC(=O)N(C)c1ccccc1C#N.